The van der Waals surface area contributed by atoms with Gasteiger partial charge in [0, 0.05) is 31.8 Å². The molecule has 1 rings (SSSR count). The van der Waals surface area contributed by atoms with Crippen molar-refractivity contribution in [1.29, 1.82) is 0 Å². The third-order valence-corrected chi connectivity index (χ3v) is 2.74. The smallest absolute Gasteiger partial charge is 0.0636 e. The molecule has 1 heterocycles. The summed E-state index contributed by atoms with van der Waals surface area (Å²) in [7, 11) is 2.08. The van der Waals surface area contributed by atoms with E-state index in [1.807, 2.05) is 6.92 Å². The monoisotopic (exact) mass is 202 g/mol. The third-order valence-electron chi connectivity index (χ3n) is 2.74. The highest BCUT2D eigenvalue weighted by molar-refractivity contribution is 4.83. The maximum Gasteiger partial charge on any atom is 0.0636 e. The lowest BCUT2D eigenvalue weighted by Gasteiger charge is -2.35. The van der Waals surface area contributed by atoms with Gasteiger partial charge in [0.05, 0.1) is 13.2 Å². The van der Waals surface area contributed by atoms with E-state index in [9.17, 15) is 0 Å². The quantitative estimate of drug-likeness (QED) is 0.641. The van der Waals surface area contributed by atoms with Crippen molar-refractivity contribution in [2.75, 3.05) is 40.0 Å². The summed E-state index contributed by atoms with van der Waals surface area (Å²) in [5.74, 6) is 0. The first-order chi connectivity index (χ1) is 6.75. The molecule has 2 N–H and O–H groups in total. The SMILES string of the molecule is CCOCCN(C)C1COCCC1N. The zero-order valence-electron chi connectivity index (χ0n) is 9.24. The van der Waals surface area contributed by atoms with Crippen LogP contribution in [0.2, 0.25) is 0 Å². The molecule has 0 aromatic rings. The second-order valence-electron chi connectivity index (χ2n) is 3.77. The van der Waals surface area contributed by atoms with Crippen molar-refractivity contribution >= 4 is 0 Å². The van der Waals surface area contributed by atoms with E-state index in [1.165, 1.54) is 0 Å². The third kappa shape index (κ3) is 3.53. The first-order valence-corrected chi connectivity index (χ1v) is 5.37. The van der Waals surface area contributed by atoms with E-state index in [-0.39, 0.29) is 6.04 Å². The normalized spacial score (nSPS) is 28.3. The summed E-state index contributed by atoms with van der Waals surface area (Å²) in [5.41, 5.74) is 6.02. The molecular formula is C10H22N2O2. The highest BCUT2D eigenvalue weighted by Crippen LogP contribution is 2.10. The molecule has 0 bridgehead atoms. The van der Waals surface area contributed by atoms with E-state index < -0.39 is 0 Å². The molecule has 0 radical (unpaired) electrons. The minimum absolute atomic E-state index is 0.246. The minimum Gasteiger partial charge on any atom is -0.380 e. The van der Waals surface area contributed by atoms with Crippen LogP contribution < -0.4 is 5.73 Å². The summed E-state index contributed by atoms with van der Waals surface area (Å²) in [6.45, 7) is 6.04. The van der Waals surface area contributed by atoms with Crippen molar-refractivity contribution in [3.63, 3.8) is 0 Å². The maximum atomic E-state index is 6.02. The molecule has 1 saturated heterocycles. The Balaban J connectivity index is 2.23. The van der Waals surface area contributed by atoms with Crippen molar-refractivity contribution in [3.8, 4) is 0 Å². The van der Waals surface area contributed by atoms with Crippen molar-refractivity contribution in [2.24, 2.45) is 5.73 Å². The minimum atomic E-state index is 0.246. The lowest BCUT2D eigenvalue weighted by Crippen LogP contribution is -2.52. The number of hydrogen-bond donors (Lipinski definition) is 1. The molecule has 1 aliphatic rings. The van der Waals surface area contributed by atoms with Crippen LogP contribution in [-0.4, -0.2) is 57.0 Å². The molecule has 4 heteroatoms. The number of nitrogens with zero attached hydrogens (tertiary/aromatic N) is 1. The first-order valence-electron chi connectivity index (χ1n) is 5.37. The Morgan fingerprint density at radius 1 is 1.57 bits per heavy atom. The standard InChI is InChI=1S/C10H22N2O2/c1-3-13-7-5-12(2)10-8-14-6-4-9(10)11/h9-10H,3-8,11H2,1-2H3. The zero-order valence-corrected chi connectivity index (χ0v) is 9.24. The number of hydrogen-bond acceptors (Lipinski definition) is 4. The van der Waals surface area contributed by atoms with Crippen LogP contribution in [0.1, 0.15) is 13.3 Å². The predicted molar refractivity (Wildman–Crippen MR) is 56.3 cm³/mol. The number of rotatable bonds is 5. The van der Waals surface area contributed by atoms with Crippen molar-refractivity contribution < 1.29 is 9.47 Å². The zero-order chi connectivity index (χ0) is 10.4. The Bertz CT molecular complexity index is 155. The van der Waals surface area contributed by atoms with Gasteiger partial charge in [-0.1, -0.05) is 0 Å². The molecule has 84 valence electrons. The summed E-state index contributed by atoms with van der Waals surface area (Å²) in [6.07, 6.45) is 0.962. The highest BCUT2D eigenvalue weighted by atomic mass is 16.5. The van der Waals surface area contributed by atoms with Crippen LogP contribution >= 0.6 is 0 Å². The second kappa shape index (κ2) is 6.35. The number of nitrogens with two attached hydrogens (primary N) is 1. The average molecular weight is 202 g/mol. The van der Waals surface area contributed by atoms with Crippen LogP contribution in [0.25, 0.3) is 0 Å². The van der Waals surface area contributed by atoms with Gasteiger partial charge in [-0.05, 0) is 20.4 Å². The molecule has 14 heavy (non-hydrogen) atoms. The Morgan fingerprint density at radius 3 is 3.00 bits per heavy atom. The molecular weight excluding hydrogens is 180 g/mol. The fourth-order valence-corrected chi connectivity index (χ4v) is 1.71. The summed E-state index contributed by atoms with van der Waals surface area (Å²) < 4.78 is 10.7. The van der Waals surface area contributed by atoms with Crippen LogP contribution in [-0.2, 0) is 9.47 Å². The lowest BCUT2D eigenvalue weighted by molar-refractivity contribution is 0.00553. The van der Waals surface area contributed by atoms with E-state index in [0.717, 1.165) is 39.4 Å². The van der Waals surface area contributed by atoms with Gasteiger partial charge in [-0.15, -0.1) is 0 Å². The lowest BCUT2D eigenvalue weighted by atomic mass is 10.0. The highest BCUT2D eigenvalue weighted by Gasteiger charge is 2.25. The van der Waals surface area contributed by atoms with Gasteiger partial charge in [0.2, 0.25) is 0 Å². The largest absolute Gasteiger partial charge is 0.380 e. The van der Waals surface area contributed by atoms with Crippen LogP contribution in [0.15, 0.2) is 0 Å². The Morgan fingerprint density at radius 2 is 2.36 bits per heavy atom. The van der Waals surface area contributed by atoms with Crippen LogP contribution in [0.3, 0.4) is 0 Å². The van der Waals surface area contributed by atoms with Gasteiger partial charge in [0.15, 0.2) is 0 Å². The van der Waals surface area contributed by atoms with Gasteiger partial charge >= 0.3 is 0 Å². The van der Waals surface area contributed by atoms with E-state index in [4.69, 9.17) is 15.2 Å². The summed E-state index contributed by atoms with van der Waals surface area (Å²) in [6, 6.07) is 0.597. The fraction of sp³-hybridized carbons (Fsp3) is 1.00. The molecule has 0 aromatic carbocycles. The first kappa shape index (κ1) is 11.9. The van der Waals surface area contributed by atoms with E-state index >= 15 is 0 Å². The van der Waals surface area contributed by atoms with Crippen LogP contribution in [0, 0.1) is 0 Å². The van der Waals surface area contributed by atoms with Crippen LogP contribution in [0.4, 0.5) is 0 Å². The molecule has 2 atom stereocenters. The Kier molecular flexibility index (Phi) is 5.40. The predicted octanol–water partition coefficient (Wildman–Crippen LogP) is 0.0709. The van der Waals surface area contributed by atoms with Crippen molar-refractivity contribution in [3.05, 3.63) is 0 Å². The molecule has 0 spiro atoms. The molecule has 2 unspecified atom stereocenters. The summed E-state index contributed by atoms with van der Waals surface area (Å²) in [5, 5.41) is 0. The van der Waals surface area contributed by atoms with Crippen LogP contribution in [0.5, 0.6) is 0 Å². The van der Waals surface area contributed by atoms with Gasteiger partial charge in [-0.3, -0.25) is 4.90 Å². The van der Waals surface area contributed by atoms with E-state index in [2.05, 4.69) is 11.9 Å². The molecule has 0 amide bonds. The van der Waals surface area contributed by atoms with Gasteiger partial charge in [-0.2, -0.15) is 0 Å². The van der Waals surface area contributed by atoms with Crippen molar-refractivity contribution in [2.45, 2.75) is 25.4 Å². The van der Waals surface area contributed by atoms with E-state index in [1.54, 1.807) is 0 Å². The Labute approximate surface area is 86.3 Å². The molecule has 4 nitrogen and oxygen atoms in total. The number of likely N-dealkylation sites (N-methyl/N-ethyl adjacent to an activating group) is 1. The molecule has 0 aromatic heterocycles. The molecule has 1 aliphatic heterocycles. The molecule has 0 aliphatic carbocycles. The average Bonchev–Trinajstić information content (AvgIpc) is 2.18. The summed E-state index contributed by atoms with van der Waals surface area (Å²) >= 11 is 0. The number of ether oxygens (including phenoxy) is 2. The van der Waals surface area contributed by atoms with Gasteiger partial charge < -0.3 is 15.2 Å². The summed E-state index contributed by atoms with van der Waals surface area (Å²) in [4.78, 5) is 2.24. The van der Waals surface area contributed by atoms with Gasteiger partial charge in [-0.25, -0.2) is 0 Å². The second-order valence-corrected chi connectivity index (χ2v) is 3.77. The fourth-order valence-electron chi connectivity index (χ4n) is 1.71. The topological polar surface area (TPSA) is 47.7 Å². The van der Waals surface area contributed by atoms with E-state index in [0.29, 0.717) is 6.04 Å². The maximum absolute atomic E-state index is 6.02. The Hall–Kier alpha value is -0.160. The van der Waals surface area contributed by atoms with Gasteiger partial charge in [0.1, 0.15) is 0 Å². The van der Waals surface area contributed by atoms with Crippen molar-refractivity contribution in [1.82, 2.24) is 4.90 Å². The molecule has 0 saturated carbocycles. The molecule has 1 fully saturated rings. The van der Waals surface area contributed by atoms with Gasteiger partial charge in [0.25, 0.3) is 0 Å².